The summed E-state index contributed by atoms with van der Waals surface area (Å²) in [4.78, 5) is 32.4. The average molecular weight is 394 g/mol. The number of nitrogens with two attached hydrogens (primary N) is 1. The highest BCUT2D eigenvalue weighted by molar-refractivity contribution is 7.99. The molecule has 0 aromatic rings. The van der Waals surface area contributed by atoms with Gasteiger partial charge in [0.1, 0.15) is 12.3 Å². The molecule has 152 valence electrons. The third kappa shape index (κ3) is 16.3. The van der Waals surface area contributed by atoms with E-state index >= 15 is 0 Å². The lowest BCUT2D eigenvalue weighted by Gasteiger charge is -2.13. The first-order valence-electron chi connectivity index (χ1n) is 8.51. The van der Waals surface area contributed by atoms with Crippen molar-refractivity contribution in [3.8, 4) is 0 Å². The molecule has 2 atom stereocenters. The molecule has 0 heterocycles. The highest BCUT2D eigenvalue weighted by Gasteiger charge is 2.15. The third-order valence-electron chi connectivity index (χ3n) is 3.04. The van der Waals surface area contributed by atoms with Gasteiger partial charge in [-0.25, -0.2) is 0 Å². The van der Waals surface area contributed by atoms with Crippen molar-refractivity contribution in [1.29, 1.82) is 0 Å². The van der Waals surface area contributed by atoms with Crippen LogP contribution < -0.4 is 11.1 Å². The minimum absolute atomic E-state index is 0.0107. The minimum atomic E-state index is -1.04. The van der Waals surface area contributed by atoms with Crippen molar-refractivity contribution in [3.05, 3.63) is 0 Å². The van der Waals surface area contributed by atoms with Gasteiger partial charge in [-0.2, -0.15) is 11.8 Å². The van der Waals surface area contributed by atoms with Crippen LogP contribution in [0, 0.1) is 0 Å². The fourth-order valence-corrected chi connectivity index (χ4v) is 2.62. The Morgan fingerprint density at radius 2 is 1.69 bits per heavy atom. The molecule has 0 aromatic carbocycles. The Bertz CT molecular complexity index is 399. The van der Waals surface area contributed by atoms with Crippen molar-refractivity contribution < 1.29 is 33.7 Å². The van der Waals surface area contributed by atoms with Crippen LogP contribution in [0.15, 0.2) is 0 Å². The van der Waals surface area contributed by atoms with Gasteiger partial charge in [-0.15, -0.1) is 0 Å². The van der Waals surface area contributed by atoms with E-state index in [0.29, 0.717) is 59.0 Å². The number of hydrogen-bond acceptors (Lipinski definition) is 8. The van der Waals surface area contributed by atoms with E-state index in [0.717, 1.165) is 6.29 Å². The number of aldehydes is 1. The first kappa shape index (κ1) is 24.8. The van der Waals surface area contributed by atoms with Crippen LogP contribution in [0.5, 0.6) is 0 Å². The van der Waals surface area contributed by atoms with E-state index in [1.807, 2.05) is 6.92 Å². The van der Waals surface area contributed by atoms with Gasteiger partial charge in [0.05, 0.1) is 39.6 Å². The Labute approximate surface area is 158 Å². The molecular formula is C16H30N2O7S. The quantitative estimate of drug-likeness (QED) is 0.211. The fourth-order valence-electron chi connectivity index (χ4n) is 1.67. The molecule has 26 heavy (non-hydrogen) atoms. The molecule has 10 heteroatoms. The summed E-state index contributed by atoms with van der Waals surface area (Å²) in [5, 5.41) is 11.4. The van der Waals surface area contributed by atoms with Gasteiger partial charge >= 0.3 is 5.97 Å². The number of carbonyl (C=O) groups excluding carboxylic acids is 2. The summed E-state index contributed by atoms with van der Waals surface area (Å²) in [5.74, 6) is -0.878. The van der Waals surface area contributed by atoms with E-state index in [-0.39, 0.29) is 16.9 Å². The molecule has 0 aliphatic rings. The highest BCUT2D eigenvalue weighted by Crippen LogP contribution is 2.14. The molecule has 0 saturated heterocycles. The lowest BCUT2D eigenvalue weighted by atomic mass is 10.3. The number of amides is 1. The monoisotopic (exact) mass is 394 g/mol. The molecule has 2 unspecified atom stereocenters. The van der Waals surface area contributed by atoms with Gasteiger partial charge in [-0.05, 0) is 0 Å². The zero-order valence-corrected chi connectivity index (χ0v) is 16.0. The molecular weight excluding hydrogens is 364 g/mol. The fraction of sp³-hybridized carbons (Fsp3) is 0.812. The van der Waals surface area contributed by atoms with Crippen LogP contribution in [-0.2, 0) is 28.6 Å². The summed E-state index contributed by atoms with van der Waals surface area (Å²) < 4.78 is 15.7. The van der Waals surface area contributed by atoms with E-state index in [1.54, 1.807) is 0 Å². The molecule has 0 bridgehead atoms. The van der Waals surface area contributed by atoms with Gasteiger partial charge < -0.3 is 35.2 Å². The topological polar surface area (TPSA) is 137 Å². The summed E-state index contributed by atoms with van der Waals surface area (Å²) in [6.45, 7) is 4.79. The smallest absolute Gasteiger partial charge is 0.321 e. The number of rotatable bonds is 18. The molecule has 0 rings (SSSR count). The van der Waals surface area contributed by atoms with Crippen molar-refractivity contribution >= 4 is 29.9 Å². The van der Waals surface area contributed by atoms with Gasteiger partial charge in [0.15, 0.2) is 0 Å². The maximum absolute atomic E-state index is 11.7. The van der Waals surface area contributed by atoms with E-state index in [4.69, 9.17) is 25.1 Å². The molecule has 4 N–H and O–H groups in total. The number of aliphatic carboxylic acids is 1. The summed E-state index contributed by atoms with van der Waals surface area (Å²) in [7, 11) is 0. The van der Waals surface area contributed by atoms with Gasteiger partial charge in [0.2, 0.25) is 5.91 Å². The molecule has 0 aliphatic heterocycles. The summed E-state index contributed by atoms with van der Waals surface area (Å²) in [6, 6.07) is -0.913. The normalized spacial score (nSPS) is 13.2. The lowest BCUT2D eigenvalue weighted by molar-refractivity contribution is -0.137. The molecule has 0 radical (unpaired) electrons. The Hall–Kier alpha value is -1.20. The third-order valence-corrected chi connectivity index (χ3v) is 4.33. The summed E-state index contributed by atoms with van der Waals surface area (Å²) in [6.07, 6.45) is 1.49. The maximum Gasteiger partial charge on any atom is 0.321 e. The van der Waals surface area contributed by atoms with Crippen molar-refractivity contribution in [2.24, 2.45) is 5.73 Å². The van der Waals surface area contributed by atoms with Crippen LogP contribution in [0.25, 0.3) is 0 Å². The molecule has 0 fully saturated rings. The van der Waals surface area contributed by atoms with E-state index in [1.165, 1.54) is 11.8 Å². The Balaban J connectivity index is 3.40. The maximum atomic E-state index is 11.7. The summed E-state index contributed by atoms with van der Waals surface area (Å²) in [5.41, 5.74) is 5.41. The molecule has 0 aliphatic carbocycles. The first-order valence-corrected chi connectivity index (χ1v) is 9.55. The highest BCUT2D eigenvalue weighted by atomic mass is 32.2. The van der Waals surface area contributed by atoms with E-state index < -0.39 is 12.0 Å². The van der Waals surface area contributed by atoms with Crippen molar-refractivity contribution in [1.82, 2.24) is 5.32 Å². The van der Waals surface area contributed by atoms with Crippen LogP contribution >= 0.6 is 11.8 Å². The lowest BCUT2D eigenvalue weighted by Crippen LogP contribution is -2.34. The number of carboxylic acid groups (broad SMARTS) is 1. The van der Waals surface area contributed by atoms with Crippen LogP contribution in [0.1, 0.15) is 19.8 Å². The van der Waals surface area contributed by atoms with Crippen molar-refractivity contribution in [2.75, 3.05) is 51.9 Å². The minimum Gasteiger partial charge on any atom is -0.480 e. The zero-order chi connectivity index (χ0) is 19.6. The largest absolute Gasteiger partial charge is 0.480 e. The number of carbonyl (C=O) groups is 3. The molecule has 0 spiro atoms. The summed E-state index contributed by atoms with van der Waals surface area (Å²) >= 11 is 1.36. The van der Waals surface area contributed by atoms with Gasteiger partial charge in [-0.3, -0.25) is 9.59 Å². The predicted molar refractivity (Wildman–Crippen MR) is 98.3 cm³/mol. The van der Waals surface area contributed by atoms with Gasteiger partial charge in [0.25, 0.3) is 0 Å². The average Bonchev–Trinajstić information content (AvgIpc) is 2.60. The Kier molecular flexibility index (Phi) is 16.4. The number of nitrogens with one attached hydrogen (secondary N) is 1. The van der Waals surface area contributed by atoms with Crippen LogP contribution in [0.2, 0.25) is 0 Å². The van der Waals surface area contributed by atoms with Gasteiger partial charge in [0, 0.05) is 30.4 Å². The molecule has 0 saturated carbocycles. The SMILES string of the molecule is CC(CC(=O)NCCOCCOCCOCCC=O)SCC(N)C(=O)O. The number of carboxylic acids is 1. The second-order valence-electron chi connectivity index (χ2n) is 5.44. The van der Waals surface area contributed by atoms with Crippen molar-refractivity contribution in [2.45, 2.75) is 31.1 Å². The van der Waals surface area contributed by atoms with Crippen LogP contribution in [0.4, 0.5) is 0 Å². The zero-order valence-electron chi connectivity index (χ0n) is 15.2. The molecule has 0 aromatic heterocycles. The van der Waals surface area contributed by atoms with E-state index in [9.17, 15) is 14.4 Å². The van der Waals surface area contributed by atoms with Crippen LogP contribution in [-0.4, -0.2) is 86.5 Å². The second-order valence-corrected chi connectivity index (χ2v) is 6.91. The Morgan fingerprint density at radius 1 is 1.12 bits per heavy atom. The number of thioether (sulfide) groups is 1. The predicted octanol–water partition coefficient (Wildman–Crippen LogP) is -0.335. The Morgan fingerprint density at radius 3 is 2.27 bits per heavy atom. The number of ether oxygens (including phenoxy) is 3. The number of hydrogen-bond donors (Lipinski definition) is 3. The first-order chi connectivity index (χ1) is 12.5. The molecule has 9 nitrogen and oxygen atoms in total. The van der Waals surface area contributed by atoms with Crippen LogP contribution in [0.3, 0.4) is 0 Å². The molecule has 1 amide bonds. The van der Waals surface area contributed by atoms with Crippen molar-refractivity contribution in [3.63, 3.8) is 0 Å². The van der Waals surface area contributed by atoms with E-state index in [2.05, 4.69) is 5.32 Å². The standard InChI is InChI=1S/C16H30N2O7S/c1-13(26-12-14(17)16(21)22)11-15(20)18-3-6-24-8-10-25-9-7-23-5-2-4-19/h4,13-14H,2-3,5-12,17H2,1H3,(H,18,20)(H,21,22). The second kappa shape index (κ2) is 17.2. The van der Waals surface area contributed by atoms with Gasteiger partial charge in [-0.1, -0.05) is 6.92 Å².